The molecule has 0 aliphatic carbocycles. The number of rotatable bonds is 3. The van der Waals surface area contributed by atoms with Crippen LogP contribution in [0.1, 0.15) is 50.5 Å². The average Bonchev–Trinajstić information content (AvgIpc) is 3.11. The predicted octanol–water partition coefficient (Wildman–Crippen LogP) is 1.98. The quantitative estimate of drug-likeness (QED) is 0.693. The van der Waals surface area contributed by atoms with Gasteiger partial charge >= 0.3 is 0 Å². The van der Waals surface area contributed by atoms with Gasteiger partial charge < -0.3 is 15.2 Å². The number of amides is 2. The summed E-state index contributed by atoms with van der Waals surface area (Å²) in [4.78, 5) is 41.9. The summed E-state index contributed by atoms with van der Waals surface area (Å²) in [6.07, 6.45) is 3.03. The molecule has 2 aromatic heterocycles. The monoisotopic (exact) mass is 407 g/mol. The summed E-state index contributed by atoms with van der Waals surface area (Å²) in [5.41, 5.74) is 3.79. The zero-order chi connectivity index (χ0) is 21.4. The molecule has 0 spiro atoms. The number of nitrogens with one attached hydrogen (secondary N) is 2. The summed E-state index contributed by atoms with van der Waals surface area (Å²) in [6, 6.07) is 7.35. The van der Waals surface area contributed by atoms with E-state index in [9.17, 15) is 14.4 Å². The molecule has 4 rings (SSSR count). The molecule has 156 valence electrons. The average molecular weight is 407 g/mol. The van der Waals surface area contributed by atoms with Crippen molar-refractivity contribution in [3.05, 3.63) is 68.9 Å². The normalized spacial score (nSPS) is 14.8. The van der Waals surface area contributed by atoms with Gasteiger partial charge in [-0.2, -0.15) is 5.10 Å². The Balaban J connectivity index is 1.39. The molecule has 1 saturated heterocycles. The van der Waals surface area contributed by atoms with Crippen LogP contribution < -0.4 is 10.9 Å². The number of likely N-dealkylation sites (tertiary alicyclic amines) is 1. The fourth-order valence-electron chi connectivity index (χ4n) is 3.99. The second kappa shape index (κ2) is 7.78. The lowest BCUT2D eigenvalue weighted by Gasteiger charge is -2.32. The van der Waals surface area contributed by atoms with Crippen LogP contribution in [-0.4, -0.2) is 50.4 Å². The van der Waals surface area contributed by atoms with E-state index in [-0.39, 0.29) is 29.1 Å². The van der Waals surface area contributed by atoms with E-state index in [1.807, 2.05) is 32.0 Å². The number of carbonyl (C=O) groups excluding carboxylic acids is 2. The highest BCUT2D eigenvalue weighted by Gasteiger charge is 2.26. The molecule has 30 heavy (non-hydrogen) atoms. The van der Waals surface area contributed by atoms with Crippen LogP contribution in [-0.2, 0) is 0 Å². The summed E-state index contributed by atoms with van der Waals surface area (Å²) in [5, 5.41) is 7.35. The molecule has 0 unspecified atom stereocenters. The van der Waals surface area contributed by atoms with E-state index < -0.39 is 0 Å². The highest BCUT2D eigenvalue weighted by Crippen LogP contribution is 2.16. The van der Waals surface area contributed by atoms with Crippen molar-refractivity contribution in [1.82, 2.24) is 24.8 Å². The maximum atomic E-state index is 12.8. The van der Waals surface area contributed by atoms with E-state index in [1.54, 1.807) is 18.0 Å². The molecule has 1 fully saturated rings. The van der Waals surface area contributed by atoms with Crippen LogP contribution in [0, 0.1) is 20.8 Å². The van der Waals surface area contributed by atoms with Crippen LogP contribution in [0.4, 0.5) is 0 Å². The Morgan fingerprint density at radius 1 is 1.07 bits per heavy atom. The Hall–Kier alpha value is -3.42. The number of aromatic amines is 1. The summed E-state index contributed by atoms with van der Waals surface area (Å²) in [6.45, 7) is 6.77. The highest BCUT2D eigenvalue weighted by atomic mass is 16.2. The first kappa shape index (κ1) is 19.9. The number of H-pyrrole nitrogens is 1. The summed E-state index contributed by atoms with van der Waals surface area (Å²) >= 11 is 0. The smallest absolute Gasteiger partial charge is 0.274 e. The lowest BCUT2D eigenvalue weighted by atomic mass is 10.0. The minimum atomic E-state index is -0.269. The van der Waals surface area contributed by atoms with Gasteiger partial charge in [-0.1, -0.05) is 17.2 Å². The van der Waals surface area contributed by atoms with Gasteiger partial charge in [-0.05, 0) is 45.7 Å². The third-order valence-electron chi connectivity index (χ3n) is 5.42. The van der Waals surface area contributed by atoms with E-state index in [0.717, 1.165) is 11.1 Å². The molecule has 1 aliphatic heterocycles. The number of benzene rings is 1. The fraction of sp³-hybridized carbons (Fsp3) is 0.364. The van der Waals surface area contributed by atoms with Crippen LogP contribution in [0.2, 0.25) is 0 Å². The number of fused-ring (bicyclic) bond motifs is 1. The Morgan fingerprint density at radius 2 is 1.73 bits per heavy atom. The van der Waals surface area contributed by atoms with Gasteiger partial charge in [-0.15, -0.1) is 0 Å². The van der Waals surface area contributed by atoms with Crippen LogP contribution in [0.3, 0.4) is 0 Å². The molecule has 0 bridgehead atoms. The van der Waals surface area contributed by atoms with Gasteiger partial charge in [-0.3, -0.25) is 14.4 Å². The van der Waals surface area contributed by atoms with Crippen molar-refractivity contribution in [2.24, 2.45) is 0 Å². The van der Waals surface area contributed by atoms with Gasteiger partial charge in [0.15, 0.2) is 5.69 Å². The van der Waals surface area contributed by atoms with E-state index in [2.05, 4.69) is 15.4 Å². The molecule has 8 heteroatoms. The first-order valence-electron chi connectivity index (χ1n) is 10.1. The molecule has 0 saturated carbocycles. The molecule has 0 radical (unpaired) electrons. The van der Waals surface area contributed by atoms with Crippen molar-refractivity contribution in [3.63, 3.8) is 0 Å². The Bertz CT molecular complexity index is 1160. The molecule has 1 aliphatic rings. The topological polar surface area (TPSA) is 99.6 Å². The third kappa shape index (κ3) is 3.98. The van der Waals surface area contributed by atoms with Gasteiger partial charge in [0, 0.05) is 42.7 Å². The first-order valence-corrected chi connectivity index (χ1v) is 10.1. The minimum Gasteiger partial charge on any atom is -0.349 e. The van der Waals surface area contributed by atoms with Crippen molar-refractivity contribution in [2.45, 2.75) is 39.7 Å². The molecule has 2 N–H and O–H groups in total. The van der Waals surface area contributed by atoms with Gasteiger partial charge in [-0.25, -0.2) is 4.52 Å². The standard InChI is InChI=1S/C22H25N5O3/c1-13-8-14(2)10-16(9-13)20(28)24-17-4-6-26(7-5-17)22(30)18-11-19-21(29)23-15(3)12-27(19)25-18/h8-12,17H,4-7H2,1-3H3,(H,23,29)(H,24,28). The third-order valence-corrected chi connectivity index (χ3v) is 5.42. The van der Waals surface area contributed by atoms with Gasteiger partial charge in [0.1, 0.15) is 5.52 Å². The number of hydrogen-bond acceptors (Lipinski definition) is 4. The van der Waals surface area contributed by atoms with Crippen molar-refractivity contribution in [3.8, 4) is 0 Å². The van der Waals surface area contributed by atoms with Crippen molar-refractivity contribution < 1.29 is 9.59 Å². The Kier molecular flexibility index (Phi) is 5.15. The molecular formula is C22H25N5O3. The molecule has 1 aromatic carbocycles. The van der Waals surface area contributed by atoms with Gasteiger partial charge in [0.25, 0.3) is 17.4 Å². The molecule has 2 amide bonds. The lowest BCUT2D eigenvalue weighted by Crippen LogP contribution is -2.46. The fourth-order valence-corrected chi connectivity index (χ4v) is 3.99. The van der Waals surface area contributed by atoms with Crippen LogP contribution in [0.25, 0.3) is 5.52 Å². The van der Waals surface area contributed by atoms with Crippen LogP contribution >= 0.6 is 0 Å². The molecule has 8 nitrogen and oxygen atoms in total. The number of piperidine rings is 1. The van der Waals surface area contributed by atoms with Crippen LogP contribution in [0.5, 0.6) is 0 Å². The molecule has 3 heterocycles. The predicted molar refractivity (Wildman–Crippen MR) is 113 cm³/mol. The number of carbonyl (C=O) groups is 2. The summed E-state index contributed by atoms with van der Waals surface area (Å²) < 4.78 is 1.44. The van der Waals surface area contributed by atoms with E-state index >= 15 is 0 Å². The number of aromatic nitrogens is 3. The van der Waals surface area contributed by atoms with Crippen molar-refractivity contribution in [2.75, 3.05) is 13.1 Å². The zero-order valence-corrected chi connectivity index (χ0v) is 17.4. The maximum absolute atomic E-state index is 12.8. The first-order chi connectivity index (χ1) is 14.3. The maximum Gasteiger partial charge on any atom is 0.274 e. The van der Waals surface area contributed by atoms with Gasteiger partial charge in [0.2, 0.25) is 0 Å². The highest BCUT2D eigenvalue weighted by molar-refractivity contribution is 5.95. The summed E-state index contributed by atoms with van der Waals surface area (Å²) in [5.74, 6) is -0.281. The SMILES string of the molecule is Cc1cc(C)cc(C(=O)NC2CCN(C(=O)c3cc4c(=O)[nH]c(C)cn4n3)CC2)c1. The molecule has 0 atom stereocenters. The Morgan fingerprint density at radius 3 is 2.40 bits per heavy atom. The number of nitrogens with zero attached hydrogens (tertiary/aromatic N) is 3. The number of hydrogen-bond donors (Lipinski definition) is 2. The van der Waals surface area contributed by atoms with Gasteiger partial charge in [0.05, 0.1) is 0 Å². The second-order valence-electron chi connectivity index (χ2n) is 8.04. The second-order valence-corrected chi connectivity index (χ2v) is 8.04. The van der Waals surface area contributed by atoms with Crippen molar-refractivity contribution in [1.29, 1.82) is 0 Å². The zero-order valence-electron chi connectivity index (χ0n) is 17.4. The van der Waals surface area contributed by atoms with E-state index in [1.165, 1.54) is 10.6 Å². The molecular weight excluding hydrogens is 382 g/mol. The van der Waals surface area contributed by atoms with E-state index in [0.29, 0.717) is 42.7 Å². The minimum absolute atomic E-state index is 0.0222. The number of aryl methyl sites for hydroxylation is 3. The Labute approximate surface area is 173 Å². The van der Waals surface area contributed by atoms with Crippen molar-refractivity contribution >= 4 is 17.3 Å². The largest absolute Gasteiger partial charge is 0.349 e. The molecule has 3 aromatic rings. The lowest BCUT2D eigenvalue weighted by molar-refractivity contribution is 0.0692. The summed E-state index contributed by atoms with van der Waals surface area (Å²) in [7, 11) is 0. The van der Waals surface area contributed by atoms with E-state index in [4.69, 9.17) is 0 Å². The van der Waals surface area contributed by atoms with Crippen LogP contribution in [0.15, 0.2) is 35.3 Å².